The Bertz CT molecular complexity index is 859. The topological polar surface area (TPSA) is 60.7 Å². The molecule has 0 aromatic carbocycles. The van der Waals surface area contributed by atoms with Crippen molar-refractivity contribution < 1.29 is 15.3 Å². The zero-order chi connectivity index (χ0) is 24.4. The van der Waals surface area contributed by atoms with Gasteiger partial charge in [0.15, 0.2) is 0 Å². The lowest BCUT2D eigenvalue weighted by Crippen LogP contribution is -2.67. The van der Waals surface area contributed by atoms with Crippen molar-refractivity contribution in [1.29, 1.82) is 0 Å². The molecule has 5 aliphatic rings. The number of aliphatic hydroxyl groups is 3. The predicted octanol–water partition coefficient (Wildman–Crippen LogP) is 6.11. The summed E-state index contributed by atoms with van der Waals surface area (Å²) in [6.07, 6.45) is 9.63. The third-order valence-electron chi connectivity index (χ3n) is 13.1. The van der Waals surface area contributed by atoms with Crippen LogP contribution in [0.1, 0.15) is 107 Å². The molecule has 3 nitrogen and oxygen atoms in total. The van der Waals surface area contributed by atoms with Gasteiger partial charge in [-0.3, -0.25) is 0 Å². The molecule has 4 fully saturated rings. The van der Waals surface area contributed by atoms with Gasteiger partial charge in [-0.1, -0.05) is 67.0 Å². The summed E-state index contributed by atoms with van der Waals surface area (Å²) in [5.74, 6) is 1.42. The van der Waals surface area contributed by atoms with Gasteiger partial charge in [-0.2, -0.15) is 0 Å². The van der Waals surface area contributed by atoms with Crippen molar-refractivity contribution in [3.63, 3.8) is 0 Å². The van der Waals surface area contributed by atoms with E-state index in [1.54, 1.807) is 5.57 Å². The van der Waals surface area contributed by atoms with Crippen molar-refractivity contribution in [1.82, 2.24) is 0 Å². The molecule has 0 spiro atoms. The smallest absolute Gasteiger partial charge is 0.0852 e. The normalized spacial score (nSPS) is 57.1. The maximum Gasteiger partial charge on any atom is 0.0852 e. The second-order valence-electron chi connectivity index (χ2n) is 15.5. The fourth-order valence-corrected chi connectivity index (χ4v) is 10.8. The SMILES string of the molecule is CC1(C)C[C@H](O)[C@]2(C)CC[C@]3(C)C(=CC[C@H]4[C@@]5(C)C[C@H](O)[C@H](O)C(C)(C)[C@H]5CC[C@]43C)[C@@H]2C1. The van der Waals surface area contributed by atoms with Crippen LogP contribution >= 0.6 is 0 Å². The van der Waals surface area contributed by atoms with Gasteiger partial charge in [0.1, 0.15) is 0 Å². The van der Waals surface area contributed by atoms with Crippen molar-refractivity contribution in [2.45, 2.75) is 125 Å². The maximum atomic E-state index is 11.3. The summed E-state index contributed by atoms with van der Waals surface area (Å²) in [7, 11) is 0. The lowest BCUT2D eigenvalue weighted by atomic mass is 9.33. The number of fused-ring (bicyclic) bond motifs is 7. The van der Waals surface area contributed by atoms with E-state index in [9.17, 15) is 15.3 Å². The Morgan fingerprint density at radius 3 is 2.09 bits per heavy atom. The lowest BCUT2D eigenvalue weighted by molar-refractivity contribution is -0.233. The van der Waals surface area contributed by atoms with Gasteiger partial charge in [0, 0.05) is 5.41 Å². The Balaban J connectivity index is 1.59. The molecule has 0 aromatic heterocycles. The van der Waals surface area contributed by atoms with Gasteiger partial charge in [-0.25, -0.2) is 0 Å². The molecule has 0 aliphatic heterocycles. The molecule has 3 heteroatoms. The third-order valence-corrected chi connectivity index (χ3v) is 13.1. The van der Waals surface area contributed by atoms with Crippen molar-refractivity contribution in [2.75, 3.05) is 0 Å². The minimum atomic E-state index is -0.634. The fraction of sp³-hybridized carbons (Fsp3) is 0.933. The Kier molecular flexibility index (Phi) is 5.07. The average molecular weight is 459 g/mol. The molecule has 4 saturated carbocycles. The predicted molar refractivity (Wildman–Crippen MR) is 133 cm³/mol. The molecule has 0 amide bonds. The van der Waals surface area contributed by atoms with Crippen LogP contribution in [0.15, 0.2) is 11.6 Å². The molecule has 0 aromatic rings. The van der Waals surface area contributed by atoms with E-state index in [1.807, 2.05) is 0 Å². The minimum Gasteiger partial charge on any atom is -0.393 e. The highest BCUT2D eigenvalue weighted by Crippen LogP contribution is 2.75. The molecule has 5 aliphatic carbocycles. The van der Waals surface area contributed by atoms with E-state index in [0.717, 1.165) is 32.1 Å². The van der Waals surface area contributed by atoms with Crippen LogP contribution in [-0.4, -0.2) is 33.6 Å². The molecular formula is C30H50O3. The van der Waals surface area contributed by atoms with Gasteiger partial charge in [0.05, 0.1) is 18.3 Å². The first-order valence-corrected chi connectivity index (χ1v) is 13.8. The summed E-state index contributed by atoms with van der Waals surface area (Å²) in [6, 6.07) is 0. The minimum absolute atomic E-state index is 0.00169. The molecule has 0 saturated heterocycles. The summed E-state index contributed by atoms with van der Waals surface area (Å²) in [5, 5.41) is 33.2. The number of aliphatic hydroxyl groups excluding tert-OH is 3. The van der Waals surface area contributed by atoms with Crippen molar-refractivity contribution in [3.05, 3.63) is 11.6 Å². The highest BCUT2D eigenvalue weighted by atomic mass is 16.3. The van der Waals surface area contributed by atoms with E-state index in [2.05, 4.69) is 61.5 Å². The Hall–Kier alpha value is -0.380. The van der Waals surface area contributed by atoms with Crippen molar-refractivity contribution in [2.24, 2.45) is 50.2 Å². The number of hydrogen-bond donors (Lipinski definition) is 3. The molecule has 0 bridgehead atoms. The lowest BCUT2D eigenvalue weighted by Gasteiger charge is -2.72. The first kappa shape index (κ1) is 24.3. The largest absolute Gasteiger partial charge is 0.393 e. The Labute approximate surface area is 202 Å². The van der Waals surface area contributed by atoms with Gasteiger partial charge in [-0.05, 0) is 96.2 Å². The Morgan fingerprint density at radius 1 is 0.758 bits per heavy atom. The van der Waals surface area contributed by atoms with Crippen LogP contribution in [0.3, 0.4) is 0 Å². The highest BCUT2D eigenvalue weighted by molar-refractivity contribution is 5.34. The van der Waals surface area contributed by atoms with E-state index in [0.29, 0.717) is 24.2 Å². The number of hydrogen-bond acceptors (Lipinski definition) is 3. The summed E-state index contributed by atoms with van der Waals surface area (Å²) in [6.45, 7) is 19.0. The van der Waals surface area contributed by atoms with Crippen molar-refractivity contribution in [3.8, 4) is 0 Å². The van der Waals surface area contributed by atoms with Gasteiger partial charge in [0.2, 0.25) is 0 Å². The highest BCUT2D eigenvalue weighted by Gasteiger charge is 2.69. The molecular weight excluding hydrogens is 408 g/mol. The second-order valence-corrected chi connectivity index (χ2v) is 15.5. The molecule has 3 N–H and O–H groups in total. The first-order valence-electron chi connectivity index (χ1n) is 13.8. The quantitative estimate of drug-likeness (QED) is 0.384. The zero-order valence-electron chi connectivity index (χ0n) is 22.5. The van der Waals surface area contributed by atoms with Gasteiger partial charge < -0.3 is 15.3 Å². The van der Waals surface area contributed by atoms with Gasteiger partial charge >= 0.3 is 0 Å². The standard InChI is InChI=1S/C30H50O3/c1-25(2)15-19-18-9-10-22-28(6)16-20(31)24(33)26(3,4)21(28)11-12-30(22,8)29(18,7)14-13-27(19,5)23(32)17-25/h9,19-24,31-33H,10-17H2,1-8H3/t19-,20-,21+,22-,23-,24-,27+,28-,29+,30+/m0/s1. The van der Waals surface area contributed by atoms with E-state index in [-0.39, 0.29) is 38.6 Å². The fourth-order valence-electron chi connectivity index (χ4n) is 10.8. The third kappa shape index (κ3) is 2.91. The first-order chi connectivity index (χ1) is 15.0. The molecule has 0 radical (unpaired) electrons. The summed E-state index contributed by atoms with van der Waals surface area (Å²) in [4.78, 5) is 0. The molecule has 0 heterocycles. The van der Waals surface area contributed by atoms with E-state index in [4.69, 9.17) is 0 Å². The zero-order valence-corrected chi connectivity index (χ0v) is 22.5. The molecule has 188 valence electrons. The monoisotopic (exact) mass is 458 g/mol. The van der Waals surface area contributed by atoms with Gasteiger partial charge in [0.25, 0.3) is 0 Å². The van der Waals surface area contributed by atoms with Crippen LogP contribution in [0.2, 0.25) is 0 Å². The summed E-state index contributed by atoms with van der Waals surface area (Å²) >= 11 is 0. The van der Waals surface area contributed by atoms with Crippen LogP contribution in [0.5, 0.6) is 0 Å². The Morgan fingerprint density at radius 2 is 1.42 bits per heavy atom. The van der Waals surface area contributed by atoms with Gasteiger partial charge in [-0.15, -0.1) is 0 Å². The van der Waals surface area contributed by atoms with Crippen LogP contribution in [0.4, 0.5) is 0 Å². The summed E-state index contributed by atoms with van der Waals surface area (Å²) < 4.78 is 0. The molecule has 0 unspecified atom stereocenters. The van der Waals surface area contributed by atoms with Crippen LogP contribution in [0.25, 0.3) is 0 Å². The van der Waals surface area contributed by atoms with Crippen LogP contribution in [-0.2, 0) is 0 Å². The molecule has 5 rings (SSSR count). The van der Waals surface area contributed by atoms with E-state index < -0.39 is 12.2 Å². The maximum absolute atomic E-state index is 11.3. The second kappa shape index (κ2) is 6.88. The summed E-state index contributed by atoms with van der Waals surface area (Å²) in [5.41, 5.74) is 1.93. The average Bonchev–Trinajstić information content (AvgIpc) is 2.68. The molecule has 33 heavy (non-hydrogen) atoms. The number of allylic oxidation sites excluding steroid dienone is 2. The van der Waals surface area contributed by atoms with E-state index in [1.165, 1.54) is 12.8 Å². The van der Waals surface area contributed by atoms with Crippen molar-refractivity contribution >= 4 is 0 Å². The van der Waals surface area contributed by atoms with E-state index >= 15 is 0 Å². The van der Waals surface area contributed by atoms with Crippen LogP contribution < -0.4 is 0 Å². The van der Waals surface area contributed by atoms with Crippen LogP contribution in [0, 0.1) is 50.2 Å². The number of rotatable bonds is 0. The molecule has 10 atom stereocenters.